The van der Waals surface area contributed by atoms with Gasteiger partial charge in [0.05, 0.1) is 13.3 Å². The highest BCUT2D eigenvalue weighted by Gasteiger charge is 2.21. The topological polar surface area (TPSA) is 53.4 Å². The molecule has 0 aliphatic heterocycles. The fourth-order valence-corrected chi connectivity index (χ4v) is 2.11. The molecule has 0 spiro atoms. The number of Topliss-reactive ketones (excluding diaryl/α,β-unsaturated/α-hetero) is 1. The van der Waals surface area contributed by atoms with E-state index in [0.717, 1.165) is 0 Å². The summed E-state index contributed by atoms with van der Waals surface area (Å²) in [6, 6.07) is 6.97. The first-order valence-electron chi connectivity index (χ1n) is 6.56. The van der Waals surface area contributed by atoms with E-state index in [0.29, 0.717) is 22.2 Å². The van der Waals surface area contributed by atoms with Crippen molar-refractivity contribution >= 4 is 17.4 Å². The highest BCUT2D eigenvalue weighted by atomic mass is 35.5. The molecule has 1 aromatic heterocycles. The number of ketones is 1. The molecule has 0 saturated carbocycles. The van der Waals surface area contributed by atoms with E-state index in [2.05, 4.69) is 5.10 Å². The van der Waals surface area contributed by atoms with Gasteiger partial charge in [-0.1, -0.05) is 17.7 Å². The molecule has 112 valence electrons. The first-order valence-corrected chi connectivity index (χ1v) is 6.93. The summed E-state index contributed by atoms with van der Waals surface area (Å²) in [6.45, 7) is 3.79. The van der Waals surface area contributed by atoms with Crippen molar-refractivity contribution in [1.82, 2.24) is 9.78 Å². The maximum absolute atomic E-state index is 12.4. The predicted molar refractivity (Wildman–Crippen MR) is 80.4 cm³/mol. The standard InChI is InChI=1S/C15H17ClN2O3/c1-10(2)18-15(14(20-3)8-17-18)13(19)9-21-12-6-4-5-11(16)7-12/h4-8,10H,9H2,1-3H3. The van der Waals surface area contributed by atoms with E-state index in [1.165, 1.54) is 13.3 Å². The molecule has 0 atom stereocenters. The van der Waals surface area contributed by atoms with Crippen molar-refractivity contribution in [3.8, 4) is 11.5 Å². The number of rotatable bonds is 6. The summed E-state index contributed by atoms with van der Waals surface area (Å²) < 4.78 is 12.3. The second-order valence-corrected chi connectivity index (χ2v) is 5.21. The van der Waals surface area contributed by atoms with Crippen LogP contribution in [0.15, 0.2) is 30.5 Å². The summed E-state index contributed by atoms with van der Waals surface area (Å²) in [5.41, 5.74) is 0.412. The molecule has 6 heteroatoms. The van der Waals surface area contributed by atoms with Gasteiger partial charge in [0.1, 0.15) is 11.4 Å². The molecule has 2 aromatic rings. The number of ether oxygens (including phenoxy) is 2. The highest BCUT2D eigenvalue weighted by molar-refractivity contribution is 6.30. The molecule has 0 radical (unpaired) electrons. The molecule has 0 fully saturated rings. The first-order chi connectivity index (χ1) is 10.0. The van der Waals surface area contributed by atoms with E-state index < -0.39 is 0 Å². The van der Waals surface area contributed by atoms with Gasteiger partial charge < -0.3 is 9.47 Å². The summed E-state index contributed by atoms with van der Waals surface area (Å²) in [5.74, 6) is 0.798. The third-order valence-electron chi connectivity index (χ3n) is 2.90. The van der Waals surface area contributed by atoms with Crippen LogP contribution < -0.4 is 9.47 Å². The van der Waals surface area contributed by atoms with Crippen LogP contribution in [-0.2, 0) is 0 Å². The van der Waals surface area contributed by atoms with Gasteiger partial charge in [-0.2, -0.15) is 5.10 Å². The molecule has 0 N–H and O–H groups in total. The Bertz CT molecular complexity index is 638. The summed E-state index contributed by atoms with van der Waals surface area (Å²) in [5, 5.41) is 4.73. The molecule has 0 bridgehead atoms. The van der Waals surface area contributed by atoms with Crippen LogP contribution in [0.2, 0.25) is 5.02 Å². The van der Waals surface area contributed by atoms with E-state index in [-0.39, 0.29) is 18.4 Å². The summed E-state index contributed by atoms with van der Waals surface area (Å²) in [6.07, 6.45) is 1.53. The molecule has 0 aliphatic rings. The lowest BCUT2D eigenvalue weighted by Gasteiger charge is -2.12. The normalized spacial score (nSPS) is 10.7. The third-order valence-corrected chi connectivity index (χ3v) is 3.14. The fourth-order valence-electron chi connectivity index (χ4n) is 1.93. The zero-order valence-electron chi connectivity index (χ0n) is 12.2. The van der Waals surface area contributed by atoms with Gasteiger partial charge in [-0.3, -0.25) is 9.48 Å². The Hall–Kier alpha value is -2.01. The number of aromatic nitrogens is 2. The Morgan fingerprint density at radius 2 is 2.19 bits per heavy atom. The zero-order chi connectivity index (χ0) is 15.4. The van der Waals surface area contributed by atoms with Crippen molar-refractivity contribution < 1.29 is 14.3 Å². The monoisotopic (exact) mass is 308 g/mol. The maximum Gasteiger partial charge on any atom is 0.221 e. The minimum Gasteiger partial charge on any atom is -0.493 e. The van der Waals surface area contributed by atoms with Crippen molar-refractivity contribution in [3.63, 3.8) is 0 Å². The molecule has 0 saturated heterocycles. The molecule has 5 nitrogen and oxygen atoms in total. The number of halogens is 1. The molecule has 2 rings (SSSR count). The van der Waals surface area contributed by atoms with E-state index in [9.17, 15) is 4.79 Å². The van der Waals surface area contributed by atoms with Crippen LogP contribution in [0.5, 0.6) is 11.5 Å². The molecule has 1 aromatic carbocycles. The van der Waals surface area contributed by atoms with E-state index in [1.807, 2.05) is 13.8 Å². The van der Waals surface area contributed by atoms with Gasteiger partial charge in [-0.25, -0.2) is 0 Å². The average molecular weight is 309 g/mol. The van der Waals surface area contributed by atoms with Crippen molar-refractivity contribution in [1.29, 1.82) is 0 Å². The predicted octanol–water partition coefficient (Wildman–Crippen LogP) is 3.39. The Morgan fingerprint density at radius 1 is 1.43 bits per heavy atom. The summed E-state index contributed by atoms with van der Waals surface area (Å²) in [7, 11) is 1.51. The Balaban J connectivity index is 2.15. The van der Waals surface area contributed by atoms with Crippen LogP contribution in [0.1, 0.15) is 30.4 Å². The number of hydrogen-bond donors (Lipinski definition) is 0. The van der Waals surface area contributed by atoms with Crippen LogP contribution >= 0.6 is 11.6 Å². The number of carbonyl (C=O) groups is 1. The summed E-state index contributed by atoms with van der Waals surface area (Å²) in [4.78, 5) is 12.4. The van der Waals surface area contributed by atoms with Crippen LogP contribution in [0, 0.1) is 0 Å². The minimum absolute atomic E-state index is 0.0546. The SMILES string of the molecule is COc1cnn(C(C)C)c1C(=O)COc1cccc(Cl)c1. The van der Waals surface area contributed by atoms with Gasteiger partial charge in [-0.05, 0) is 32.0 Å². The number of benzene rings is 1. The number of nitrogens with zero attached hydrogens (tertiary/aromatic N) is 2. The maximum atomic E-state index is 12.4. The fraction of sp³-hybridized carbons (Fsp3) is 0.333. The van der Waals surface area contributed by atoms with Crippen molar-refractivity contribution in [2.75, 3.05) is 13.7 Å². The smallest absolute Gasteiger partial charge is 0.221 e. The molecule has 0 aliphatic carbocycles. The van der Waals surface area contributed by atoms with Crippen LogP contribution in [-0.4, -0.2) is 29.3 Å². The first kappa shape index (κ1) is 15.4. The van der Waals surface area contributed by atoms with E-state index in [4.69, 9.17) is 21.1 Å². The lowest BCUT2D eigenvalue weighted by atomic mass is 10.2. The molecule has 0 amide bonds. The molecule has 21 heavy (non-hydrogen) atoms. The number of hydrogen-bond acceptors (Lipinski definition) is 4. The van der Waals surface area contributed by atoms with Crippen LogP contribution in [0.25, 0.3) is 0 Å². The Morgan fingerprint density at radius 3 is 2.81 bits per heavy atom. The minimum atomic E-state index is -0.196. The lowest BCUT2D eigenvalue weighted by Crippen LogP contribution is -2.19. The van der Waals surface area contributed by atoms with Gasteiger partial charge in [-0.15, -0.1) is 0 Å². The van der Waals surface area contributed by atoms with Crippen LogP contribution in [0.3, 0.4) is 0 Å². The van der Waals surface area contributed by atoms with Crippen molar-refractivity contribution in [3.05, 3.63) is 41.2 Å². The molecular formula is C15H17ClN2O3. The second kappa shape index (κ2) is 6.63. The van der Waals surface area contributed by atoms with Crippen LogP contribution in [0.4, 0.5) is 0 Å². The lowest BCUT2D eigenvalue weighted by molar-refractivity contribution is 0.0905. The second-order valence-electron chi connectivity index (χ2n) is 4.77. The Labute approximate surface area is 128 Å². The van der Waals surface area contributed by atoms with Gasteiger partial charge in [0.15, 0.2) is 12.4 Å². The van der Waals surface area contributed by atoms with Gasteiger partial charge in [0, 0.05) is 11.1 Å². The van der Waals surface area contributed by atoms with Gasteiger partial charge in [0.2, 0.25) is 5.78 Å². The average Bonchev–Trinajstić information content (AvgIpc) is 2.89. The number of methoxy groups -OCH3 is 1. The van der Waals surface area contributed by atoms with E-state index in [1.54, 1.807) is 28.9 Å². The summed E-state index contributed by atoms with van der Waals surface area (Å²) >= 11 is 5.88. The quantitative estimate of drug-likeness (QED) is 0.768. The zero-order valence-corrected chi connectivity index (χ0v) is 12.9. The highest BCUT2D eigenvalue weighted by Crippen LogP contribution is 2.22. The van der Waals surface area contributed by atoms with E-state index >= 15 is 0 Å². The molecule has 0 unspecified atom stereocenters. The largest absolute Gasteiger partial charge is 0.493 e. The molecule has 1 heterocycles. The molecular weight excluding hydrogens is 292 g/mol. The third kappa shape index (κ3) is 3.55. The van der Waals surface area contributed by atoms with Gasteiger partial charge >= 0.3 is 0 Å². The van der Waals surface area contributed by atoms with Crippen molar-refractivity contribution in [2.45, 2.75) is 19.9 Å². The van der Waals surface area contributed by atoms with Gasteiger partial charge in [0.25, 0.3) is 0 Å². The number of carbonyl (C=O) groups excluding carboxylic acids is 1. The van der Waals surface area contributed by atoms with Crippen molar-refractivity contribution in [2.24, 2.45) is 0 Å². The Kier molecular flexibility index (Phi) is 4.85.